The van der Waals surface area contributed by atoms with Crippen LogP contribution in [0.15, 0.2) is 48.7 Å². The van der Waals surface area contributed by atoms with Crippen LogP contribution in [0.4, 0.5) is 0 Å². The van der Waals surface area contributed by atoms with Crippen molar-refractivity contribution in [3.8, 4) is 28.5 Å². The summed E-state index contributed by atoms with van der Waals surface area (Å²) in [5, 5.41) is 8.17. The Balaban J connectivity index is 1.52. The zero-order chi connectivity index (χ0) is 19.3. The van der Waals surface area contributed by atoms with Gasteiger partial charge in [0.1, 0.15) is 5.75 Å². The van der Waals surface area contributed by atoms with Crippen molar-refractivity contribution in [3.05, 3.63) is 59.8 Å². The van der Waals surface area contributed by atoms with E-state index in [4.69, 9.17) is 14.2 Å². The molecule has 0 aliphatic carbocycles. The zero-order valence-corrected chi connectivity index (χ0v) is 16.3. The summed E-state index contributed by atoms with van der Waals surface area (Å²) in [4.78, 5) is 0. The lowest BCUT2D eigenvalue weighted by Gasteiger charge is -2.11. The lowest BCUT2D eigenvalue weighted by Crippen LogP contribution is -2.13. The van der Waals surface area contributed by atoms with Gasteiger partial charge >= 0.3 is 0 Å². The van der Waals surface area contributed by atoms with Crippen LogP contribution in [-0.4, -0.2) is 30.1 Å². The standard InChI is InChI=1S/C22H25N3O3/c1-25-15-18(14-23-13-17-6-3-4-7-19(17)26-2)22(24-25)16-8-9-20-21(12-16)28-11-5-10-27-20/h3-4,6-9,12,15,23H,5,10-11,13-14H2,1-2H3. The monoisotopic (exact) mass is 379 g/mol. The van der Waals surface area contributed by atoms with E-state index in [2.05, 4.69) is 16.5 Å². The van der Waals surface area contributed by atoms with E-state index in [1.54, 1.807) is 7.11 Å². The molecule has 3 aromatic rings. The maximum Gasteiger partial charge on any atom is 0.161 e. The summed E-state index contributed by atoms with van der Waals surface area (Å²) in [6, 6.07) is 14.1. The summed E-state index contributed by atoms with van der Waals surface area (Å²) in [7, 11) is 3.64. The number of methoxy groups -OCH3 is 1. The average molecular weight is 379 g/mol. The smallest absolute Gasteiger partial charge is 0.161 e. The Kier molecular flexibility index (Phi) is 5.48. The molecule has 1 aromatic heterocycles. The van der Waals surface area contributed by atoms with Gasteiger partial charge in [0.15, 0.2) is 11.5 Å². The molecule has 28 heavy (non-hydrogen) atoms. The summed E-state index contributed by atoms with van der Waals surface area (Å²) in [6.45, 7) is 2.79. The molecule has 2 aromatic carbocycles. The molecule has 0 fully saturated rings. The number of benzene rings is 2. The van der Waals surface area contributed by atoms with Crippen molar-refractivity contribution < 1.29 is 14.2 Å². The highest BCUT2D eigenvalue weighted by Gasteiger charge is 2.15. The van der Waals surface area contributed by atoms with E-state index in [9.17, 15) is 0 Å². The van der Waals surface area contributed by atoms with Crippen molar-refractivity contribution in [3.63, 3.8) is 0 Å². The van der Waals surface area contributed by atoms with E-state index in [1.807, 2.05) is 54.3 Å². The van der Waals surface area contributed by atoms with E-state index in [1.165, 1.54) is 0 Å². The van der Waals surface area contributed by atoms with Gasteiger partial charge in [0.25, 0.3) is 0 Å². The molecule has 6 nitrogen and oxygen atoms in total. The number of hydrogen-bond donors (Lipinski definition) is 1. The van der Waals surface area contributed by atoms with Crippen molar-refractivity contribution in [1.82, 2.24) is 15.1 Å². The second kappa shape index (κ2) is 8.35. The van der Waals surface area contributed by atoms with Gasteiger partial charge in [-0.05, 0) is 24.3 Å². The molecule has 146 valence electrons. The number of nitrogens with zero attached hydrogens (tertiary/aromatic N) is 2. The Bertz CT molecular complexity index is 952. The predicted octanol–water partition coefficient (Wildman–Crippen LogP) is 3.55. The second-order valence-corrected chi connectivity index (χ2v) is 6.80. The molecule has 0 radical (unpaired) electrons. The fourth-order valence-electron chi connectivity index (χ4n) is 3.40. The number of para-hydroxylation sites is 1. The summed E-state index contributed by atoms with van der Waals surface area (Å²) < 4.78 is 18.8. The molecule has 0 atom stereocenters. The molecule has 0 bridgehead atoms. The van der Waals surface area contributed by atoms with Gasteiger partial charge in [0, 0.05) is 49.4 Å². The van der Waals surface area contributed by atoms with Crippen LogP contribution in [0, 0.1) is 0 Å². The SMILES string of the molecule is COc1ccccc1CNCc1cn(C)nc1-c1ccc2c(c1)OCCCO2. The van der Waals surface area contributed by atoms with Gasteiger partial charge < -0.3 is 19.5 Å². The van der Waals surface area contributed by atoms with E-state index >= 15 is 0 Å². The van der Waals surface area contributed by atoms with Crippen LogP contribution in [0.3, 0.4) is 0 Å². The molecule has 2 heterocycles. The van der Waals surface area contributed by atoms with E-state index in [-0.39, 0.29) is 0 Å². The molecule has 4 rings (SSSR count). The van der Waals surface area contributed by atoms with Gasteiger partial charge in [0.2, 0.25) is 0 Å². The quantitative estimate of drug-likeness (QED) is 0.710. The number of aromatic nitrogens is 2. The number of hydrogen-bond acceptors (Lipinski definition) is 5. The minimum absolute atomic E-state index is 0.673. The summed E-state index contributed by atoms with van der Waals surface area (Å²) in [6.07, 6.45) is 2.94. The molecule has 6 heteroatoms. The molecule has 0 amide bonds. The van der Waals surface area contributed by atoms with Crippen molar-refractivity contribution in [2.45, 2.75) is 19.5 Å². The van der Waals surface area contributed by atoms with Crippen LogP contribution in [-0.2, 0) is 20.1 Å². The first-order valence-electron chi connectivity index (χ1n) is 9.50. The van der Waals surface area contributed by atoms with Crippen LogP contribution in [0.5, 0.6) is 17.2 Å². The number of rotatable bonds is 6. The van der Waals surface area contributed by atoms with Gasteiger partial charge in [-0.25, -0.2) is 0 Å². The topological polar surface area (TPSA) is 57.5 Å². The Morgan fingerprint density at radius 1 is 1.04 bits per heavy atom. The Morgan fingerprint density at radius 3 is 2.68 bits per heavy atom. The summed E-state index contributed by atoms with van der Waals surface area (Å²) in [5.41, 5.74) is 4.24. The molecular formula is C22H25N3O3. The molecule has 0 unspecified atom stereocenters. The van der Waals surface area contributed by atoms with Crippen molar-refractivity contribution in [2.75, 3.05) is 20.3 Å². The van der Waals surface area contributed by atoms with Crippen molar-refractivity contribution in [1.29, 1.82) is 0 Å². The molecule has 1 aliphatic rings. The fraction of sp³-hybridized carbons (Fsp3) is 0.318. The van der Waals surface area contributed by atoms with Crippen LogP contribution >= 0.6 is 0 Å². The van der Waals surface area contributed by atoms with E-state index < -0.39 is 0 Å². The number of ether oxygens (including phenoxy) is 3. The van der Waals surface area contributed by atoms with E-state index in [0.717, 1.165) is 52.6 Å². The minimum atomic E-state index is 0.673. The molecular weight excluding hydrogens is 354 g/mol. The van der Waals surface area contributed by atoms with Crippen LogP contribution in [0.25, 0.3) is 11.3 Å². The highest BCUT2D eigenvalue weighted by atomic mass is 16.5. The highest BCUT2D eigenvalue weighted by molar-refractivity contribution is 5.66. The largest absolute Gasteiger partial charge is 0.496 e. The van der Waals surface area contributed by atoms with Gasteiger partial charge in [0.05, 0.1) is 26.0 Å². The zero-order valence-electron chi connectivity index (χ0n) is 16.3. The first kappa shape index (κ1) is 18.4. The average Bonchev–Trinajstić information content (AvgIpc) is 2.93. The molecule has 1 N–H and O–H groups in total. The Labute approximate surface area is 165 Å². The minimum Gasteiger partial charge on any atom is -0.496 e. The van der Waals surface area contributed by atoms with Crippen molar-refractivity contribution in [2.24, 2.45) is 7.05 Å². The third kappa shape index (κ3) is 3.97. The van der Waals surface area contributed by atoms with E-state index in [0.29, 0.717) is 19.8 Å². The van der Waals surface area contributed by atoms with Gasteiger partial charge in [-0.2, -0.15) is 5.10 Å². The van der Waals surface area contributed by atoms with Gasteiger partial charge in [-0.3, -0.25) is 4.68 Å². The maximum atomic E-state index is 5.83. The van der Waals surface area contributed by atoms with Crippen LogP contribution in [0.1, 0.15) is 17.5 Å². The molecule has 0 saturated carbocycles. The number of aryl methyl sites for hydroxylation is 1. The van der Waals surface area contributed by atoms with Crippen molar-refractivity contribution >= 4 is 0 Å². The number of nitrogens with one attached hydrogen (secondary N) is 1. The van der Waals surface area contributed by atoms with Gasteiger partial charge in [-0.15, -0.1) is 0 Å². The Hall–Kier alpha value is -2.99. The molecule has 0 spiro atoms. The van der Waals surface area contributed by atoms with Gasteiger partial charge in [-0.1, -0.05) is 18.2 Å². The first-order valence-corrected chi connectivity index (χ1v) is 9.50. The fourth-order valence-corrected chi connectivity index (χ4v) is 3.40. The van der Waals surface area contributed by atoms with Crippen LogP contribution in [0.2, 0.25) is 0 Å². The van der Waals surface area contributed by atoms with Crippen LogP contribution < -0.4 is 19.5 Å². The predicted molar refractivity (Wildman–Crippen MR) is 108 cm³/mol. The lowest BCUT2D eigenvalue weighted by atomic mass is 10.1. The lowest BCUT2D eigenvalue weighted by molar-refractivity contribution is 0.297. The summed E-state index contributed by atoms with van der Waals surface area (Å²) >= 11 is 0. The maximum absolute atomic E-state index is 5.83. The first-order chi connectivity index (χ1) is 13.7. The molecule has 0 saturated heterocycles. The third-order valence-electron chi connectivity index (χ3n) is 4.75. The summed E-state index contributed by atoms with van der Waals surface area (Å²) in [5.74, 6) is 2.48. The Morgan fingerprint density at radius 2 is 1.82 bits per heavy atom. The second-order valence-electron chi connectivity index (χ2n) is 6.80. The third-order valence-corrected chi connectivity index (χ3v) is 4.75. The molecule has 1 aliphatic heterocycles. The highest BCUT2D eigenvalue weighted by Crippen LogP contribution is 2.34. The number of fused-ring (bicyclic) bond motifs is 1. The normalized spacial score (nSPS) is 13.2.